The Balaban J connectivity index is 1.50. The third-order valence-electron chi connectivity index (χ3n) is 6.18. The van der Waals surface area contributed by atoms with Crippen LogP contribution in [0.25, 0.3) is 10.9 Å². The van der Waals surface area contributed by atoms with E-state index in [4.69, 9.17) is 4.74 Å². The van der Waals surface area contributed by atoms with E-state index in [1.165, 1.54) is 0 Å². The van der Waals surface area contributed by atoms with E-state index >= 15 is 0 Å². The summed E-state index contributed by atoms with van der Waals surface area (Å²) in [5, 5.41) is 1.01. The van der Waals surface area contributed by atoms with Gasteiger partial charge in [-0.25, -0.2) is 4.98 Å². The van der Waals surface area contributed by atoms with E-state index in [1.54, 1.807) is 7.11 Å². The van der Waals surface area contributed by atoms with Crippen LogP contribution in [0.15, 0.2) is 48.8 Å². The van der Waals surface area contributed by atoms with Crippen molar-refractivity contribution >= 4 is 22.6 Å². The van der Waals surface area contributed by atoms with Gasteiger partial charge in [0.05, 0.1) is 6.61 Å². The first kappa shape index (κ1) is 18.2. The monoisotopic (exact) mass is 390 g/mol. The Morgan fingerprint density at radius 3 is 3.07 bits per heavy atom. The molecule has 1 fully saturated rings. The van der Waals surface area contributed by atoms with Crippen LogP contribution >= 0.6 is 0 Å². The number of rotatable bonds is 4. The van der Waals surface area contributed by atoms with Crippen LogP contribution in [0, 0.1) is 0 Å². The van der Waals surface area contributed by atoms with Crippen molar-refractivity contribution in [1.29, 1.82) is 0 Å². The molecule has 29 heavy (non-hydrogen) atoms. The van der Waals surface area contributed by atoms with Crippen molar-refractivity contribution in [2.24, 2.45) is 0 Å². The van der Waals surface area contributed by atoms with Gasteiger partial charge in [0.25, 0.3) is 5.91 Å². The highest BCUT2D eigenvalue weighted by atomic mass is 16.5. The number of amides is 1. The Labute approximate surface area is 170 Å². The molecule has 0 unspecified atom stereocenters. The molecule has 2 aromatic heterocycles. The van der Waals surface area contributed by atoms with Gasteiger partial charge in [0.15, 0.2) is 0 Å². The molecule has 0 N–H and O–H groups in total. The van der Waals surface area contributed by atoms with E-state index in [-0.39, 0.29) is 5.91 Å². The van der Waals surface area contributed by atoms with Gasteiger partial charge in [0.2, 0.25) is 0 Å². The average molecular weight is 390 g/mol. The van der Waals surface area contributed by atoms with E-state index in [1.807, 2.05) is 41.6 Å². The maximum absolute atomic E-state index is 13.6. The van der Waals surface area contributed by atoms with Crippen LogP contribution < -0.4 is 4.90 Å². The van der Waals surface area contributed by atoms with Gasteiger partial charge in [-0.3, -0.25) is 4.79 Å². The van der Waals surface area contributed by atoms with Gasteiger partial charge in [0.1, 0.15) is 5.82 Å². The highest BCUT2D eigenvalue weighted by Crippen LogP contribution is 2.32. The summed E-state index contributed by atoms with van der Waals surface area (Å²) < 4.78 is 7.37. The van der Waals surface area contributed by atoms with Crippen LogP contribution in [0.2, 0.25) is 0 Å². The predicted octanol–water partition coefficient (Wildman–Crippen LogP) is 3.31. The molecule has 1 atom stereocenters. The minimum atomic E-state index is 0.101. The minimum Gasteiger partial charge on any atom is -0.383 e. The number of carbonyl (C=O) groups is 1. The van der Waals surface area contributed by atoms with Crippen LogP contribution in [-0.2, 0) is 17.8 Å². The highest BCUT2D eigenvalue weighted by molar-refractivity contribution is 6.06. The molecule has 0 bridgehead atoms. The Hall–Kier alpha value is -2.86. The molecule has 1 saturated heterocycles. The van der Waals surface area contributed by atoms with E-state index < -0.39 is 0 Å². The molecule has 6 heteroatoms. The number of fused-ring (bicyclic) bond motifs is 4. The second-order valence-corrected chi connectivity index (χ2v) is 7.90. The van der Waals surface area contributed by atoms with Crippen LogP contribution in [-0.4, -0.2) is 53.2 Å². The first-order valence-electron chi connectivity index (χ1n) is 10.3. The van der Waals surface area contributed by atoms with Crippen molar-refractivity contribution in [2.75, 3.05) is 31.7 Å². The van der Waals surface area contributed by atoms with Crippen molar-refractivity contribution in [3.05, 3.63) is 59.9 Å². The SMILES string of the molecule is COCCn1ccc2c(C(=O)N3Cc4cccnc4N4CCC[C@@H]4C3)cccc21. The van der Waals surface area contributed by atoms with Crippen LogP contribution in [0.1, 0.15) is 28.8 Å². The zero-order valence-electron chi connectivity index (χ0n) is 16.8. The Morgan fingerprint density at radius 2 is 2.17 bits per heavy atom. The van der Waals surface area contributed by atoms with E-state index in [2.05, 4.69) is 26.6 Å². The quantitative estimate of drug-likeness (QED) is 0.686. The third kappa shape index (κ3) is 3.17. The third-order valence-corrected chi connectivity index (χ3v) is 6.18. The molecule has 4 heterocycles. The van der Waals surface area contributed by atoms with Gasteiger partial charge < -0.3 is 19.1 Å². The highest BCUT2D eigenvalue weighted by Gasteiger charge is 2.34. The summed E-state index contributed by atoms with van der Waals surface area (Å²) in [6, 6.07) is 12.5. The number of hydrogen-bond donors (Lipinski definition) is 0. The molecule has 2 aliphatic rings. The average Bonchev–Trinajstić information content (AvgIpc) is 3.35. The summed E-state index contributed by atoms with van der Waals surface area (Å²) in [6.45, 7) is 3.80. The molecule has 0 radical (unpaired) electrons. The molecule has 0 spiro atoms. The van der Waals surface area contributed by atoms with Gasteiger partial charge in [0, 0.05) is 73.8 Å². The molecule has 1 aromatic carbocycles. The van der Waals surface area contributed by atoms with E-state index in [9.17, 15) is 4.79 Å². The first-order valence-corrected chi connectivity index (χ1v) is 10.3. The Bertz CT molecular complexity index is 1040. The number of anilines is 1. The predicted molar refractivity (Wildman–Crippen MR) is 113 cm³/mol. The molecule has 6 nitrogen and oxygen atoms in total. The van der Waals surface area contributed by atoms with Crippen LogP contribution in [0.4, 0.5) is 5.82 Å². The maximum Gasteiger partial charge on any atom is 0.254 e. The number of hydrogen-bond acceptors (Lipinski definition) is 4. The fraction of sp³-hybridized carbons (Fsp3) is 0.391. The number of carbonyl (C=O) groups excluding carboxylic acids is 1. The fourth-order valence-corrected chi connectivity index (χ4v) is 4.76. The lowest BCUT2D eigenvalue weighted by molar-refractivity contribution is 0.0740. The fourth-order valence-electron chi connectivity index (χ4n) is 4.76. The second-order valence-electron chi connectivity index (χ2n) is 7.90. The topological polar surface area (TPSA) is 50.6 Å². The van der Waals surface area contributed by atoms with Crippen molar-refractivity contribution in [3.8, 4) is 0 Å². The van der Waals surface area contributed by atoms with E-state index in [0.717, 1.165) is 60.3 Å². The standard InChI is InChI=1S/C23H26N4O2/c1-29-14-13-25-12-9-19-20(7-2-8-21(19)25)23(28)26-15-17-5-3-10-24-22(17)27-11-4-6-18(27)16-26/h2-3,5,7-10,12,18H,4,6,11,13-16H2,1H3/t18-/m1/s1. The van der Waals surface area contributed by atoms with E-state index in [0.29, 0.717) is 19.2 Å². The van der Waals surface area contributed by atoms with Gasteiger partial charge in [-0.15, -0.1) is 0 Å². The number of aromatic nitrogens is 2. The Kier molecular flexibility index (Phi) is 4.72. The number of benzene rings is 1. The molecule has 1 amide bonds. The molecule has 0 saturated carbocycles. The molecule has 2 aliphatic heterocycles. The van der Waals surface area contributed by atoms with Crippen molar-refractivity contribution < 1.29 is 9.53 Å². The number of nitrogens with zero attached hydrogens (tertiary/aromatic N) is 4. The molecular weight excluding hydrogens is 364 g/mol. The summed E-state index contributed by atoms with van der Waals surface area (Å²) in [6.07, 6.45) is 6.16. The van der Waals surface area contributed by atoms with Gasteiger partial charge >= 0.3 is 0 Å². The minimum absolute atomic E-state index is 0.101. The largest absolute Gasteiger partial charge is 0.383 e. The summed E-state index contributed by atoms with van der Waals surface area (Å²) in [5.74, 6) is 1.15. The summed E-state index contributed by atoms with van der Waals surface area (Å²) in [7, 11) is 1.71. The van der Waals surface area contributed by atoms with Gasteiger partial charge in [-0.2, -0.15) is 0 Å². The van der Waals surface area contributed by atoms with Crippen LogP contribution in [0.5, 0.6) is 0 Å². The number of pyridine rings is 1. The second kappa shape index (κ2) is 7.52. The number of methoxy groups -OCH3 is 1. The zero-order valence-corrected chi connectivity index (χ0v) is 16.8. The lowest BCUT2D eigenvalue weighted by Gasteiger charge is -2.27. The Morgan fingerprint density at radius 1 is 1.24 bits per heavy atom. The lowest BCUT2D eigenvalue weighted by atomic mass is 10.1. The first-order chi connectivity index (χ1) is 14.3. The normalized spacial score (nSPS) is 18.6. The molecular formula is C23H26N4O2. The van der Waals surface area contributed by atoms with Crippen molar-refractivity contribution in [3.63, 3.8) is 0 Å². The zero-order chi connectivity index (χ0) is 19.8. The number of ether oxygens (including phenoxy) is 1. The molecule has 3 aromatic rings. The molecule has 150 valence electrons. The lowest BCUT2D eigenvalue weighted by Crippen LogP contribution is -2.40. The summed E-state index contributed by atoms with van der Waals surface area (Å²) >= 11 is 0. The summed E-state index contributed by atoms with van der Waals surface area (Å²) in [5.41, 5.74) is 2.98. The van der Waals surface area contributed by atoms with Crippen molar-refractivity contribution in [2.45, 2.75) is 32.0 Å². The van der Waals surface area contributed by atoms with Crippen molar-refractivity contribution in [1.82, 2.24) is 14.5 Å². The van der Waals surface area contributed by atoms with Crippen LogP contribution in [0.3, 0.4) is 0 Å². The maximum atomic E-state index is 13.6. The molecule has 0 aliphatic carbocycles. The molecule has 5 rings (SSSR count). The van der Waals surface area contributed by atoms with Gasteiger partial charge in [-0.05, 0) is 37.1 Å². The van der Waals surface area contributed by atoms with Gasteiger partial charge in [-0.1, -0.05) is 12.1 Å². The smallest absolute Gasteiger partial charge is 0.254 e. The summed E-state index contributed by atoms with van der Waals surface area (Å²) in [4.78, 5) is 22.7.